The van der Waals surface area contributed by atoms with E-state index in [1.807, 2.05) is 0 Å². The third-order valence-corrected chi connectivity index (χ3v) is 5.48. The molecule has 8 heteroatoms. The molecule has 1 rings (SSSR count). The number of benzene rings is 1. The Morgan fingerprint density at radius 2 is 1.76 bits per heavy atom. The van der Waals surface area contributed by atoms with Gasteiger partial charge in [-0.3, -0.25) is 4.79 Å². The van der Waals surface area contributed by atoms with Crippen molar-refractivity contribution >= 4 is 15.9 Å². The third kappa shape index (κ3) is 7.09. The Morgan fingerprint density at radius 3 is 2.28 bits per heavy atom. The van der Waals surface area contributed by atoms with Crippen LogP contribution in [0.2, 0.25) is 0 Å². The second-order valence-corrected chi connectivity index (χ2v) is 7.42. The maximum atomic E-state index is 12.9. The molecule has 0 bridgehead atoms. The largest absolute Gasteiger partial charge is 0.355 e. The molecular weight excluding hydrogens is 345 g/mol. The molecule has 0 radical (unpaired) electrons. The Bertz CT molecular complexity index is 631. The lowest BCUT2D eigenvalue weighted by Gasteiger charge is -2.19. The van der Waals surface area contributed by atoms with E-state index in [1.54, 1.807) is 6.92 Å². The minimum Gasteiger partial charge on any atom is -0.355 e. The minimum atomic E-state index is -3.87. The zero-order valence-electron chi connectivity index (χ0n) is 15.1. The molecule has 0 spiro atoms. The first-order chi connectivity index (χ1) is 11.8. The van der Waals surface area contributed by atoms with Gasteiger partial charge in [-0.25, -0.2) is 12.8 Å². The van der Waals surface area contributed by atoms with E-state index in [9.17, 15) is 17.6 Å². The Hall–Kier alpha value is -1.51. The molecule has 2 N–H and O–H groups in total. The summed E-state index contributed by atoms with van der Waals surface area (Å²) in [5, 5.41) is 2.77. The summed E-state index contributed by atoms with van der Waals surface area (Å²) in [6, 6.07) is 3.63. The molecule has 6 nitrogen and oxygen atoms in total. The average molecular weight is 373 g/mol. The second kappa shape index (κ2) is 10.5. The molecule has 0 aromatic heterocycles. The second-order valence-electron chi connectivity index (χ2n) is 5.71. The highest BCUT2D eigenvalue weighted by molar-refractivity contribution is 7.89. The van der Waals surface area contributed by atoms with Crippen LogP contribution in [0.5, 0.6) is 0 Å². The number of carbonyl (C=O) groups excluding carboxylic acids is 1. The van der Waals surface area contributed by atoms with Gasteiger partial charge in [0, 0.05) is 6.54 Å². The average Bonchev–Trinajstić information content (AvgIpc) is 2.60. The van der Waals surface area contributed by atoms with E-state index >= 15 is 0 Å². The molecule has 1 amide bonds. The van der Waals surface area contributed by atoms with Crippen LogP contribution < -0.4 is 10.0 Å². The van der Waals surface area contributed by atoms with Gasteiger partial charge < -0.3 is 10.2 Å². The lowest BCUT2D eigenvalue weighted by Crippen LogP contribution is -2.46. The Labute approximate surface area is 149 Å². The van der Waals surface area contributed by atoms with Crippen LogP contribution in [-0.2, 0) is 14.8 Å². The van der Waals surface area contributed by atoms with Gasteiger partial charge in [0.25, 0.3) is 0 Å². The Kier molecular flexibility index (Phi) is 9.02. The molecule has 0 saturated carbocycles. The molecule has 0 fully saturated rings. The number of rotatable bonds is 11. The highest BCUT2D eigenvalue weighted by Crippen LogP contribution is 2.11. The predicted octanol–water partition coefficient (Wildman–Crippen LogP) is 1.73. The molecule has 1 aromatic carbocycles. The van der Waals surface area contributed by atoms with Gasteiger partial charge in [0.1, 0.15) is 11.9 Å². The van der Waals surface area contributed by atoms with Gasteiger partial charge in [0.05, 0.1) is 4.90 Å². The highest BCUT2D eigenvalue weighted by atomic mass is 32.2. The van der Waals surface area contributed by atoms with Gasteiger partial charge in [0.15, 0.2) is 0 Å². The fourth-order valence-corrected chi connectivity index (χ4v) is 3.65. The Morgan fingerprint density at radius 1 is 1.16 bits per heavy atom. The summed E-state index contributed by atoms with van der Waals surface area (Å²) in [6.07, 6.45) is 1.12. The zero-order valence-corrected chi connectivity index (χ0v) is 15.9. The van der Waals surface area contributed by atoms with E-state index in [0.29, 0.717) is 13.0 Å². The van der Waals surface area contributed by atoms with E-state index in [2.05, 4.69) is 28.8 Å². The van der Waals surface area contributed by atoms with Gasteiger partial charge in [-0.05, 0) is 56.7 Å². The van der Waals surface area contributed by atoms with Crippen molar-refractivity contribution in [3.05, 3.63) is 30.1 Å². The van der Waals surface area contributed by atoms with E-state index in [4.69, 9.17) is 0 Å². The fourth-order valence-electron chi connectivity index (χ4n) is 2.37. The van der Waals surface area contributed by atoms with Gasteiger partial charge >= 0.3 is 0 Å². The standard InChI is InChI=1S/C17H28FN3O3S/c1-4-16(17(22)19-12-7-13-21(5-2)6-3)20-25(23,24)15-10-8-14(18)9-11-15/h8-11,16,20H,4-7,12-13H2,1-3H3,(H,19,22). The maximum Gasteiger partial charge on any atom is 0.241 e. The first kappa shape index (κ1) is 21.5. The molecule has 142 valence electrons. The van der Waals surface area contributed by atoms with Crippen LogP contribution in [0, 0.1) is 5.82 Å². The lowest BCUT2D eigenvalue weighted by molar-refractivity contribution is -0.122. The number of nitrogens with one attached hydrogen (secondary N) is 2. The quantitative estimate of drug-likeness (QED) is 0.579. The molecule has 1 aromatic rings. The van der Waals surface area contributed by atoms with Crippen molar-refractivity contribution in [3.8, 4) is 0 Å². The number of halogens is 1. The van der Waals surface area contributed by atoms with Crippen molar-refractivity contribution in [2.24, 2.45) is 0 Å². The first-order valence-electron chi connectivity index (χ1n) is 8.62. The molecule has 1 unspecified atom stereocenters. The normalized spacial score (nSPS) is 13.0. The van der Waals surface area contributed by atoms with Crippen LogP contribution >= 0.6 is 0 Å². The number of hydrogen-bond donors (Lipinski definition) is 2. The highest BCUT2D eigenvalue weighted by Gasteiger charge is 2.24. The smallest absolute Gasteiger partial charge is 0.241 e. The van der Waals surface area contributed by atoms with Crippen LogP contribution in [0.15, 0.2) is 29.2 Å². The summed E-state index contributed by atoms with van der Waals surface area (Å²) in [6.45, 7) is 9.18. The number of amides is 1. The summed E-state index contributed by atoms with van der Waals surface area (Å²) in [4.78, 5) is 14.4. The molecule has 25 heavy (non-hydrogen) atoms. The topological polar surface area (TPSA) is 78.5 Å². The number of nitrogens with zero attached hydrogens (tertiary/aromatic N) is 1. The molecule has 0 heterocycles. The summed E-state index contributed by atoms with van der Waals surface area (Å²) in [5.74, 6) is -0.871. The SMILES string of the molecule is CCC(NS(=O)(=O)c1ccc(F)cc1)C(=O)NCCCN(CC)CC. The summed E-state index contributed by atoms with van der Waals surface area (Å²) in [7, 11) is -3.87. The van der Waals surface area contributed by atoms with Crippen LogP contribution in [0.3, 0.4) is 0 Å². The van der Waals surface area contributed by atoms with E-state index < -0.39 is 21.9 Å². The summed E-state index contributed by atoms with van der Waals surface area (Å²) in [5.41, 5.74) is 0. The lowest BCUT2D eigenvalue weighted by atomic mass is 10.2. The van der Waals surface area contributed by atoms with Crippen LogP contribution in [0.25, 0.3) is 0 Å². The molecule has 0 aliphatic heterocycles. The van der Waals surface area contributed by atoms with Gasteiger partial charge in [-0.2, -0.15) is 4.72 Å². The summed E-state index contributed by atoms with van der Waals surface area (Å²) < 4.78 is 39.9. The molecule has 0 saturated heterocycles. The fraction of sp³-hybridized carbons (Fsp3) is 0.588. The van der Waals surface area contributed by atoms with Crippen molar-refractivity contribution in [1.29, 1.82) is 0 Å². The number of carbonyl (C=O) groups is 1. The maximum absolute atomic E-state index is 12.9. The van der Waals surface area contributed by atoms with E-state index in [0.717, 1.165) is 38.2 Å². The molecular formula is C17H28FN3O3S. The zero-order chi connectivity index (χ0) is 18.9. The monoisotopic (exact) mass is 373 g/mol. The van der Waals surface area contributed by atoms with E-state index in [1.165, 1.54) is 12.1 Å². The molecule has 1 atom stereocenters. The third-order valence-electron chi connectivity index (χ3n) is 3.99. The van der Waals surface area contributed by atoms with Crippen molar-refractivity contribution < 1.29 is 17.6 Å². The number of sulfonamides is 1. The molecule has 0 aliphatic rings. The van der Waals surface area contributed by atoms with Crippen molar-refractivity contribution in [2.45, 2.75) is 44.6 Å². The molecule has 0 aliphatic carbocycles. The predicted molar refractivity (Wildman–Crippen MR) is 96.2 cm³/mol. The van der Waals surface area contributed by atoms with Crippen LogP contribution in [-0.4, -0.2) is 51.4 Å². The van der Waals surface area contributed by atoms with Crippen molar-refractivity contribution in [2.75, 3.05) is 26.2 Å². The minimum absolute atomic E-state index is 0.0679. The van der Waals surface area contributed by atoms with Crippen LogP contribution in [0.1, 0.15) is 33.6 Å². The van der Waals surface area contributed by atoms with E-state index in [-0.39, 0.29) is 10.8 Å². The van der Waals surface area contributed by atoms with Crippen molar-refractivity contribution in [3.63, 3.8) is 0 Å². The van der Waals surface area contributed by atoms with Gasteiger partial charge in [-0.15, -0.1) is 0 Å². The first-order valence-corrected chi connectivity index (χ1v) is 10.1. The number of hydrogen-bond acceptors (Lipinski definition) is 4. The van der Waals surface area contributed by atoms with Gasteiger partial charge in [-0.1, -0.05) is 20.8 Å². The van der Waals surface area contributed by atoms with Crippen LogP contribution in [0.4, 0.5) is 4.39 Å². The summed E-state index contributed by atoms with van der Waals surface area (Å²) >= 11 is 0. The Balaban J connectivity index is 2.57. The van der Waals surface area contributed by atoms with Gasteiger partial charge in [0.2, 0.25) is 15.9 Å². The van der Waals surface area contributed by atoms with Crippen molar-refractivity contribution in [1.82, 2.24) is 14.9 Å².